The summed E-state index contributed by atoms with van der Waals surface area (Å²) in [6, 6.07) is 24.2. The van der Waals surface area contributed by atoms with Crippen LogP contribution in [0, 0.1) is 0 Å². The van der Waals surface area contributed by atoms with Crippen molar-refractivity contribution in [2.75, 3.05) is 19.6 Å². The molecule has 0 saturated carbocycles. The van der Waals surface area contributed by atoms with Crippen molar-refractivity contribution in [1.82, 2.24) is 5.01 Å². The average molecular weight is 413 g/mol. The number of piperidine rings is 1. The number of benzene rings is 3. The van der Waals surface area contributed by atoms with Crippen molar-refractivity contribution in [2.45, 2.75) is 44.4 Å². The van der Waals surface area contributed by atoms with Gasteiger partial charge in [-0.25, -0.2) is 5.01 Å². The first-order chi connectivity index (χ1) is 15.3. The third-order valence-electron chi connectivity index (χ3n) is 7.33. The fourth-order valence-electron chi connectivity index (χ4n) is 5.70. The van der Waals surface area contributed by atoms with Gasteiger partial charge in [0.2, 0.25) is 5.72 Å². The zero-order valence-corrected chi connectivity index (χ0v) is 18.2. The van der Waals surface area contributed by atoms with Crippen LogP contribution in [0.1, 0.15) is 49.8 Å². The van der Waals surface area contributed by atoms with Crippen molar-refractivity contribution in [1.29, 1.82) is 0 Å². The highest BCUT2D eigenvalue weighted by atomic mass is 16.5. The Hall–Kier alpha value is -2.85. The Kier molecular flexibility index (Phi) is 4.50. The Morgan fingerprint density at radius 3 is 2.61 bits per heavy atom. The molecule has 1 saturated heterocycles. The van der Waals surface area contributed by atoms with E-state index < -0.39 is 0 Å². The second-order valence-electron chi connectivity index (χ2n) is 9.26. The van der Waals surface area contributed by atoms with E-state index in [0.717, 1.165) is 38.1 Å². The molecule has 31 heavy (non-hydrogen) atoms. The molecule has 4 heteroatoms. The highest BCUT2D eigenvalue weighted by molar-refractivity contribution is 6.04. The molecule has 1 spiro atoms. The van der Waals surface area contributed by atoms with E-state index >= 15 is 0 Å². The summed E-state index contributed by atoms with van der Waals surface area (Å²) >= 11 is 0. The normalized spacial score (nSPS) is 27.0. The molecular formula is C27H30N3O+. The van der Waals surface area contributed by atoms with Crippen LogP contribution in [0.4, 0.5) is 0 Å². The molecule has 4 nitrogen and oxygen atoms in total. The number of likely N-dealkylation sites (tertiary alicyclic amines) is 1. The Bertz CT molecular complexity index is 1150. The van der Waals surface area contributed by atoms with Gasteiger partial charge in [0.1, 0.15) is 5.75 Å². The minimum atomic E-state index is -0.311. The Morgan fingerprint density at radius 2 is 1.77 bits per heavy atom. The maximum absolute atomic E-state index is 6.76. The molecule has 1 N–H and O–H groups in total. The number of quaternary nitrogens is 1. The van der Waals surface area contributed by atoms with Crippen LogP contribution in [0.25, 0.3) is 10.8 Å². The molecular weight excluding hydrogens is 382 g/mol. The maximum Gasteiger partial charge on any atom is 0.208 e. The number of hydrazone groups is 1. The largest absolute Gasteiger partial charge is 0.466 e. The third kappa shape index (κ3) is 3.12. The summed E-state index contributed by atoms with van der Waals surface area (Å²) in [4.78, 5) is 1.70. The summed E-state index contributed by atoms with van der Waals surface area (Å²) in [5, 5.41) is 10.1. The van der Waals surface area contributed by atoms with E-state index in [-0.39, 0.29) is 11.8 Å². The van der Waals surface area contributed by atoms with E-state index in [4.69, 9.17) is 9.84 Å². The summed E-state index contributed by atoms with van der Waals surface area (Å²) < 4.78 is 6.76. The summed E-state index contributed by atoms with van der Waals surface area (Å²) in [6.45, 7) is 5.84. The molecule has 1 fully saturated rings. The van der Waals surface area contributed by atoms with Crippen LogP contribution in [0.5, 0.6) is 5.75 Å². The van der Waals surface area contributed by atoms with Crippen molar-refractivity contribution in [3.8, 4) is 5.75 Å². The zero-order valence-electron chi connectivity index (χ0n) is 18.2. The van der Waals surface area contributed by atoms with Gasteiger partial charge < -0.3 is 9.64 Å². The van der Waals surface area contributed by atoms with Crippen molar-refractivity contribution in [2.24, 2.45) is 5.10 Å². The van der Waals surface area contributed by atoms with Gasteiger partial charge in [-0.15, -0.1) is 0 Å². The van der Waals surface area contributed by atoms with E-state index in [0.29, 0.717) is 0 Å². The van der Waals surface area contributed by atoms with Gasteiger partial charge in [-0.1, -0.05) is 61.5 Å². The fraction of sp³-hybridized carbons (Fsp3) is 0.370. The van der Waals surface area contributed by atoms with E-state index in [1.165, 1.54) is 40.6 Å². The smallest absolute Gasteiger partial charge is 0.208 e. The van der Waals surface area contributed by atoms with Crippen molar-refractivity contribution >= 4 is 16.5 Å². The van der Waals surface area contributed by atoms with Crippen LogP contribution in [0.2, 0.25) is 0 Å². The van der Waals surface area contributed by atoms with Crippen LogP contribution >= 0.6 is 0 Å². The molecule has 3 aliphatic rings. The molecule has 1 atom stereocenters. The van der Waals surface area contributed by atoms with E-state index in [9.17, 15) is 0 Å². The first kappa shape index (κ1) is 18.9. The van der Waals surface area contributed by atoms with Gasteiger partial charge in [0, 0.05) is 12.0 Å². The zero-order chi connectivity index (χ0) is 20.8. The fourth-order valence-corrected chi connectivity index (χ4v) is 5.70. The first-order valence-electron chi connectivity index (χ1n) is 11.7. The summed E-state index contributed by atoms with van der Waals surface area (Å²) in [6.07, 6.45) is 4.23. The van der Waals surface area contributed by atoms with Crippen molar-refractivity contribution in [3.63, 3.8) is 0 Å². The van der Waals surface area contributed by atoms with Gasteiger partial charge in [0.25, 0.3) is 0 Å². The Labute approximate surface area is 184 Å². The van der Waals surface area contributed by atoms with Crippen molar-refractivity contribution in [3.05, 3.63) is 77.9 Å². The molecule has 158 valence electrons. The van der Waals surface area contributed by atoms with Gasteiger partial charge in [-0.3, -0.25) is 0 Å². The number of rotatable bonds is 3. The molecule has 0 radical (unpaired) electrons. The molecule has 0 amide bonds. The molecule has 0 bridgehead atoms. The van der Waals surface area contributed by atoms with E-state index in [1.54, 1.807) is 4.90 Å². The first-order valence-corrected chi connectivity index (χ1v) is 11.7. The van der Waals surface area contributed by atoms with Crippen LogP contribution < -0.4 is 9.64 Å². The van der Waals surface area contributed by atoms with Crippen LogP contribution in [-0.2, 0) is 0 Å². The molecule has 3 aliphatic heterocycles. The second kappa shape index (κ2) is 7.38. The summed E-state index contributed by atoms with van der Waals surface area (Å²) in [7, 11) is 0. The standard InChI is InChI=1S/C27H29N3O/c1-2-15-29-16-13-27(14-17-29)30-25(23-9-5-6-10-26(23)31-27)19-24(28-30)22-12-11-20-7-3-4-8-21(20)18-22/h3-12,18,25H,2,13-17,19H2,1H3/p+1/t25-/m1/s1. The Balaban J connectivity index is 1.39. The minimum absolute atomic E-state index is 0.263. The number of nitrogens with zero attached hydrogens (tertiary/aromatic N) is 2. The lowest BCUT2D eigenvalue weighted by atomic mass is 9.90. The second-order valence-corrected chi connectivity index (χ2v) is 9.26. The summed E-state index contributed by atoms with van der Waals surface area (Å²) in [5.41, 5.74) is 3.37. The number of hydrogen-bond acceptors (Lipinski definition) is 3. The van der Waals surface area contributed by atoms with Crippen LogP contribution in [-0.4, -0.2) is 36.1 Å². The molecule has 3 aromatic rings. The predicted octanol–water partition coefficient (Wildman–Crippen LogP) is 4.17. The lowest BCUT2D eigenvalue weighted by Gasteiger charge is -2.50. The quantitative estimate of drug-likeness (QED) is 0.700. The molecule has 6 rings (SSSR count). The lowest BCUT2D eigenvalue weighted by Crippen LogP contribution is -3.14. The Morgan fingerprint density at radius 1 is 1.00 bits per heavy atom. The third-order valence-corrected chi connectivity index (χ3v) is 7.33. The summed E-state index contributed by atoms with van der Waals surface area (Å²) in [5.74, 6) is 1.05. The van der Waals surface area contributed by atoms with Gasteiger partial charge in [0.15, 0.2) is 0 Å². The molecule has 0 aromatic heterocycles. The number of ether oxygens (including phenoxy) is 1. The highest BCUT2D eigenvalue weighted by Crippen LogP contribution is 2.49. The van der Waals surface area contributed by atoms with Crippen LogP contribution in [0.15, 0.2) is 71.8 Å². The number of hydrogen-bond donors (Lipinski definition) is 1. The molecule has 3 heterocycles. The maximum atomic E-state index is 6.76. The van der Waals surface area contributed by atoms with Gasteiger partial charge in [-0.05, 0) is 34.9 Å². The number of fused-ring (bicyclic) bond motifs is 5. The van der Waals surface area contributed by atoms with Gasteiger partial charge in [-0.2, -0.15) is 5.10 Å². The highest BCUT2D eigenvalue weighted by Gasteiger charge is 2.52. The van der Waals surface area contributed by atoms with Crippen molar-refractivity contribution < 1.29 is 9.64 Å². The number of nitrogens with one attached hydrogen (secondary N) is 1. The molecule has 0 unspecified atom stereocenters. The molecule has 0 aliphatic carbocycles. The van der Waals surface area contributed by atoms with Gasteiger partial charge >= 0.3 is 0 Å². The van der Waals surface area contributed by atoms with Crippen LogP contribution in [0.3, 0.4) is 0 Å². The minimum Gasteiger partial charge on any atom is -0.466 e. The topological polar surface area (TPSA) is 29.3 Å². The molecule has 3 aromatic carbocycles. The van der Waals surface area contributed by atoms with E-state index in [2.05, 4.69) is 78.7 Å². The predicted molar refractivity (Wildman–Crippen MR) is 125 cm³/mol. The average Bonchev–Trinajstić information content (AvgIpc) is 3.28. The monoisotopic (exact) mass is 412 g/mol. The number of para-hydroxylation sites is 1. The lowest BCUT2D eigenvalue weighted by molar-refractivity contribution is -0.908. The van der Waals surface area contributed by atoms with Gasteiger partial charge in [0.05, 0.1) is 44.2 Å². The SMILES string of the molecule is CCC[NH+]1CCC2(CC1)Oc1ccccc1[C@H]1CC(c3ccc4ccccc4c3)=NN12. The van der Waals surface area contributed by atoms with E-state index in [1.807, 2.05) is 0 Å².